The Morgan fingerprint density at radius 1 is 0.871 bits per heavy atom. The van der Waals surface area contributed by atoms with E-state index >= 15 is 0 Å². The minimum atomic E-state index is -1.53. The van der Waals surface area contributed by atoms with Crippen molar-refractivity contribution in [1.82, 2.24) is 5.32 Å². The highest BCUT2D eigenvalue weighted by Gasteiger charge is 2.50. The molecule has 1 amide bonds. The van der Waals surface area contributed by atoms with Crippen LogP contribution in [0.2, 0.25) is 0 Å². The van der Waals surface area contributed by atoms with Gasteiger partial charge in [0.05, 0.1) is 18.8 Å². The molecule has 31 heavy (non-hydrogen) atoms. The van der Waals surface area contributed by atoms with Crippen LogP contribution in [0, 0.1) is 0 Å². The monoisotopic (exact) mass is 419 g/mol. The van der Waals surface area contributed by atoms with Gasteiger partial charge < -0.3 is 14.8 Å². The zero-order valence-corrected chi connectivity index (χ0v) is 18.6. The van der Waals surface area contributed by atoms with Gasteiger partial charge in [-0.2, -0.15) is 0 Å². The molecule has 5 heteroatoms. The van der Waals surface area contributed by atoms with Crippen LogP contribution >= 0.6 is 0 Å². The van der Waals surface area contributed by atoms with E-state index in [1.807, 2.05) is 75.4 Å². The SMILES string of the molecule is COC(=O)[C@](NC(=O)c1cccc2ccccc12)(c1ccccc1)[C@@H](C)OC(C)(C)C. The maximum absolute atomic E-state index is 13.6. The van der Waals surface area contributed by atoms with Gasteiger partial charge in [-0.05, 0) is 50.1 Å². The molecule has 0 saturated carbocycles. The highest BCUT2D eigenvalue weighted by molar-refractivity contribution is 6.08. The average molecular weight is 420 g/mol. The highest BCUT2D eigenvalue weighted by Crippen LogP contribution is 2.32. The Morgan fingerprint density at radius 3 is 2.13 bits per heavy atom. The molecule has 0 bridgehead atoms. The summed E-state index contributed by atoms with van der Waals surface area (Å²) in [6.07, 6.45) is -0.707. The van der Waals surface area contributed by atoms with Crippen molar-refractivity contribution in [3.8, 4) is 0 Å². The largest absolute Gasteiger partial charge is 0.467 e. The molecule has 0 unspecified atom stereocenters. The molecule has 0 aliphatic heterocycles. The fraction of sp³-hybridized carbons (Fsp3) is 0.308. The van der Waals surface area contributed by atoms with E-state index in [4.69, 9.17) is 9.47 Å². The van der Waals surface area contributed by atoms with Gasteiger partial charge in [0, 0.05) is 5.56 Å². The lowest BCUT2D eigenvalue weighted by molar-refractivity contribution is -0.162. The number of nitrogens with one attached hydrogen (secondary N) is 1. The van der Waals surface area contributed by atoms with Gasteiger partial charge in [0.2, 0.25) is 0 Å². The lowest BCUT2D eigenvalue weighted by Gasteiger charge is -2.40. The number of fused-ring (bicyclic) bond motifs is 1. The molecule has 162 valence electrons. The number of methoxy groups -OCH3 is 1. The van der Waals surface area contributed by atoms with E-state index < -0.39 is 23.2 Å². The van der Waals surface area contributed by atoms with Crippen LogP contribution in [-0.2, 0) is 19.8 Å². The number of rotatable bonds is 6. The third-order valence-electron chi connectivity index (χ3n) is 5.22. The Hall–Kier alpha value is -3.18. The van der Waals surface area contributed by atoms with Crippen LogP contribution in [0.25, 0.3) is 10.8 Å². The molecule has 1 N–H and O–H groups in total. The Morgan fingerprint density at radius 2 is 1.48 bits per heavy atom. The second kappa shape index (κ2) is 8.90. The van der Waals surface area contributed by atoms with Crippen LogP contribution in [0.4, 0.5) is 0 Å². The first-order chi connectivity index (χ1) is 14.7. The molecule has 5 nitrogen and oxygen atoms in total. The van der Waals surface area contributed by atoms with Gasteiger partial charge in [0.1, 0.15) is 0 Å². The van der Waals surface area contributed by atoms with Gasteiger partial charge in [0.25, 0.3) is 5.91 Å². The Balaban J connectivity index is 2.15. The normalized spacial score (nSPS) is 14.5. The number of benzene rings is 3. The predicted octanol–water partition coefficient (Wildman–Crippen LogP) is 4.84. The number of amides is 1. The third kappa shape index (κ3) is 4.62. The van der Waals surface area contributed by atoms with Gasteiger partial charge >= 0.3 is 5.97 Å². The Bertz CT molecular complexity index is 1070. The zero-order valence-electron chi connectivity index (χ0n) is 18.6. The molecule has 3 aromatic rings. The van der Waals surface area contributed by atoms with Crippen molar-refractivity contribution in [1.29, 1.82) is 0 Å². The van der Waals surface area contributed by atoms with E-state index in [0.29, 0.717) is 11.1 Å². The summed E-state index contributed by atoms with van der Waals surface area (Å²) in [7, 11) is 1.31. The molecule has 2 atom stereocenters. The molecule has 0 aliphatic rings. The van der Waals surface area contributed by atoms with Crippen molar-refractivity contribution in [3.05, 3.63) is 83.9 Å². The maximum atomic E-state index is 13.6. The number of hydrogen-bond acceptors (Lipinski definition) is 4. The summed E-state index contributed by atoms with van der Waals surface area (Å²) in [6.45, 7) is 7.49. The van der Waals surface area contributed by atoms with Gasteiger partial charge in [-0.3, -0.25) is 4.79 Å². The fourth-order valence-corrected chi connectivity index (χ4v) is 3.89. The molecule has 0 saturated heterocycles. The topological polar surface area (TPSA) is 64.6 Å². The van der Waals surface area contributed by atoms with Crippen LogP contribution in [0.1, 0.15) is 43.6 Å². The average Bonchev–Trinajstić information content (AvgIpc) is 2.75. The molecule has 3 aromatic carbocycles. The number of carbonyl (C=O) groups excluding carboxylic acids is 2. The second-order valence-electron chi connectivity index (χ2n) is 8.52. The predicted molar refractivity (Wildman–Crippen MR) is 122 cm³/mol. The van der Waals surface area contributed by atoms with Crippen molar-refractivity contribution in [2.24, 2.45) is 0 Å². The van der Waals surface area contributed by atoms with Gasteiger partial charge in [-0.15, -0.1) is 0 Å². The Kier molecular flexibility index (Phi) is 6.46. The number of carbonyl (C=O) groups is 2. The van der Waals surface area contributed by atoms with E-state index in [0.717, 1.165) is 10.8 Å². The van der Waals surface area contributed by atoms with Crippen molar-refractivity contribution < 1.29 is 19.1 Å². The van der Waals surface area contributed by atoms with Crippen molar-refractivity contribution >= 4 is 22.6 Å². The van der Waals surface area contributed by atoms with Gasteiger partial charge in [0.15, 0.2) is 5.54 Å². The first kappa shape index (κ1) is 22.5. The van der Waals surface area contributed by atoms with Crippen LogP contribution in [0.5, 0.6) is 0 Å². The van der Waals surface area contributed by atoms with Crippen LogP contribution < -0.4 is 5.32 Å². The van der Waals surface area contributed by atoms with Crippen LogP contribution in [0.3, 0.4) is 0 Å². The summed E-state index contributed by atoms with van der Waals surface area (Å²) >= 11 is 0. The number of hydrogen-bond donors (Lipinski definition) is 1. The Labute approximate surface area is 183 Å². The molecule has 0 heterocycles. The molecule has 0 aromatic heterocycles. The van der Waals surface area contributed by atoms with E-state index in [1.54, 1.807) is 25.1 Å². The smallest absolute Gasteiger partial charge is 0.339 e. The molecule has 0 spiro atoms. The molecule has 0 fully saturated rings. The van der Waals surface area contributed by atoms with E-state index in [9.17, 15) is 9.59 Å². The second-order valence-corrected chi connectivity index (χ2v) is 8.52. The summed E-state index contributed by atoms with van der Waals surface area (Å²) < 4.78 is 11.4. The summed E-state index contributed by atoms with van der Waals surface area (Å²) in [4.78, 5) is 26.8. The lowest BCUT2D eigenvalue weighted by Crippen LogP contribution is -2.60. The van der Waals surface area contributed by atoms with Crippen molar-refractivity contribution in [2.75, 3.05) is 7.11 Å². The summed E-state index contributed by atoms with van der Waals surface area (Å²) in [5.41, 5.74) is -1.01. The van der Waals surface area contributed by atoms with E-state index in [-0.39, 0.29) is 5.91 Å². The van der Waals surface area contributed by atoms with Crippen molar-refractivity contribution in [2.45, 2.75) is 44.9 Å². The first-order valence-corrected chi connectivity index (χ1v) is 10.3. The molecule has 0 aliphatic carbocycles. The van der Waals surface area contributed by atoms with Crippen LogP contribution in [-0.4, -0.2) is 30.7 Å². The van der Waals surface area contributed by atoms with Crippen LogP contribution in [0.15, 0.2) is 72.8 Å². The molecular weight excluding hydrogens is 390 g/mol. The summed E-state index contributed by atoms with van der Waals surface area (Å²) in [5, 5.41) is 4.74. The molecule has 3 rings (SSSR count). The molecular formula is C26H29NO4. The lowest BCUT2D eigenvalue weighted by atomic mass is 9.83. The van der Waals surface area contributed by atoms with Gasteiger partial charge in [-0.25, -0.2) is 4.79 Å². The number of esters is 1. The maximum Gasteiger partial charge on any atom is 0.339 e. The van der Waals surface area contributed by atoms with Gasteiger partial charge in [-0.1, -0.05) is 66.7 Å². The first-order valence-electron chi connectivity index (χ1n) is 10.3. The summed E-state index contributed by atoms with van der Waals surface area (Å²) in [5.74, 6) is -0.973. The summed E-state index contributed by atoms with van der Waals surface area (Å²) in [6, 6.07) is 22.3. The zero-order chi connectivity index (χ0) is 22.6. The minimum Gasteiger partial charge on any atom is -0.467 e. The minimum absolute atomic E-state index is 0.379. The standard InChI is InChI=1S/C26H29NO4/c1-18(31-25(2,3)4)26(24(29)30-5,20-14-7-6-8-15-20)27-23(28)22-17-11-13-19-12-9-10-16-21(19)22/h6-18H,1-5H3,(H,27,28)/t18-,26-/m1/s1. The fourth-order valence-electron chi connectivity index (χ4n) is 3.89. The quantitative estimate of drug-likeness (QED) is 0.581. The molecule has 0 radical (unpaired) electrons. The van der Waals surface area contributed by atoms with Crippen molar-refractivity contribution in [3.63, 3.8) is 0 Å². The van der Waals surface area contributed by atoms with E-state index in [1.165, 1.54) is 7.11 Å². The number of ether oxygens (including phenoxy) is 2. The highest BCUT2D eigenvalue weighted by atomic mass is 16.5. The van der Waals surface area contributed by atoms with E-state index in [2.05, 4.69) is 5.32 Å². The third-order valence-corrected chi connectivity index (χ3v) is 5.22.